The van der Waals surface area contributed by atoms with E-state index in [0.29, 0.717) is 5.95 Å². The third kappa shape index (κ3) is 4.02. The Labute approximate surface area is 319 Å². The molecule has 4 heteroatoms. The molecule has 0 bridgehead atoms. The maximum Gasteiger partial charge on any atom is 0.235 e. The van der Waals surface area contributed by atoms with Gasteiger partial charge in [0.1, 0.15) is 11.2 Å². The summed E-state index contributed by atoms with van der Waals surface area (Å²) < 4.78 is 8.56. The SMILES string of the molecule is c1ccc2cc3c(cc2c1)c1c2c4ccccc4c4ccccc4c2ccc1n3-c1nc(-c2ccc3oc4ccccc4c3c2)c2ccc3ccccc3c2n1. The normalized spacial score (nSPS) is 12.3. The van der Waals surface area contributed by atoms with Crippen molar-refractivity contribution in [2.45, 2.75) is 0 Å². The fourth-order valence-corrected chi connectivity index (χ4v) is 9.45. The Morgan fingerprint density at radius 1 is 0.357 bits per heavy atom. The van der Waals surface area contributed by atoms with Gasteiger partial charge in [0.05, 0.1) is 22.2 Å². The van der Waals surface area contributed by atoms with Gasteiger partial charge in [-0.15, -0.1) is 0 Å². The molecule has 0 aliphatic heterocycles. The van der Waals surface area contributed by atoms with Gasteiger partial charge in [-0.3, -0.25) is 4.57 Å². The number of hydrogen-bond donors (Lipinski definition) is 0. The van der Waals surface area contributed by atoms with E-state index in [1.165, 1.54) is 53.9 Å². The van der Waals surface area contributed by atoms with Crippen LogP contribution in [0.3, 0.4) is 0 Å². The van der Waals surface area contributed by atoms with E-state index in [2.05, 4.69) is 168 Å². The first-order chi connectivity index (χ1) is 27.8. The lowest BCUT2D eigenvalue weighted by atomic mass is 9.91. The topological polar surface area (TPSA) is 43.9 Å². The van der Waals surface area contributed by atoms with Crippen molar-refractivity contribution in [1.82, 2.24) is 14.5 Å². The van der Waals surface area contributed by atoms with E-state index < -0.39 is 0 Å². The van der Waals surface area contributed by atoms with Crippen molar-refractivity contribution in [2.24, 2.45) is 0 Å². The van der Waals surface area contributed by atoms with Crippen LogP contribution in [0, 0.1) is 0 Å². The van der Waals surface area contributed by atoms with E-state index in [4.69, 9.17) is 14.4 Å². The molecule has 56 heavy (non-hydrogen) atoms. The third-order valence-electron chi connectivity index (χ3n) is 11.9. The molecule has 3 heterocycles. The smallest absolute Gasteiger partial charge is 0.235 e. The number of rotatable bonds is 2. The van der Waals surface area contributed by atoms with E-state index in [9.17, 15) is 0 Å². The first kappa shape index (κ1) is 29.8. The quantitative estimate of drug-likeness (QED) is 0.168. The molecule has 0 N–H and O–H groups in total. The number of nitrogens with zero attached hydrogens (tertiary/aromatic N) is 3. The van der Waals surface area contributed by atoms with E-state index in [0.717, 1.165) is 65.9 Å². The van der Waals surface area contributed by atoms with Gasteiger partial charge >= 0.3 is 0 Å². The molecular weight excluding hydrogens is 683 g/mol. The molecule has 0 radical (unpaired) electrons. The van der Waals surface area contributed by atoms with Crippen LogP contribution in [0.1, 0.15) is 0 Å². The van der Waals surface area contributed by atoms with E-state index in [-0.39, 0.29) is 0 Å². The summed E-state index contributed by atoms with van der Waals surface area (Å²) >= 11 is 0. The van der Waals surface area contributed by atoms with Crippen LogP contribution < -0.4 is 0 Å². The second kappa shape index (κ2) is 11.0. The Kier molecular flexibility index (Phi) is 5.86. The minimum atomic E-state index is 0.640. The van der Waals surface area contributed by atoms with Gasteiger partial charge in [0, 0.05) is 43.3 Å². The van der Waals surface area contributed by atoms with Gasteiger partial charge in [0.15, 0.2) is 0 Å². The lowest BCUT2D eigenvalue weighted by molar-refractivity contribution is 0.669. The van der Waals surface area contributed by atoms with E-state index in [1.54, 1.807) is 0 Å². The van der Waals surface area contributed by atoms with E-state index in [1.807, 2.05) is 12.1 Å². The van der Waals surface area contributed by atoms with Gasteiger partial charge in [-0.1, -0.05) is 127 Å². The van der Waals surface area contributed by atoms with Crippen molar-refractivity contribution in [3.63, 3.8) is 0 Å². The van der Waals surface area contributed by atoms with Crippen molar-refractivity contribution in [3.05, 3.63) is 176 Å². The molecule has 10 aromatic carbocycles. The molecule has 0 spiro atoms. The Morgan fingerprint density at radius 3 is 1.77 bits per heavy atom. The molecule has 0 aliphatic rings. The van der Waals surface area contributed by atoms with Crippen LogP contribution in [0.2, 0.25) is 0 Å². The van der Waals surface area contributed by atoms with Crippen molar-refractivity contribution in [1.29, 1.82) is 0 Å². The second-order valence-electron chi connectivity index (χ2n) is 14.9. The fraction of sp³-hybridized carbons (Fsp3) is 0. The van der Waals surface area contributed by atoms with Crippen molar-refractivity contribution in [3.8, 4) is 17.2 Å². The molecule has 13 rings (SSSR count). The summed E-state index contributed by atoms with van der Waals surface area (Å²) in [6, 6.07) is 63.1. The lowest BCUT2D eigenvalue weighted by Crippen LogP contribution is -2.04. The van der Waals surface area contributed by atoms with Crippen LogP contribution in [0.15, 0.2) is 180 Å². The van der Waals surface area contributed by atoms with Crippen molar-refractivity contribution >= 4 is 109 Å². The number of hydrogen-bond acceptors (Lipinski definition) is 3. The second-order valence-corrected chi connectivity index (χ2v) is 14.9. The van der Waals surface area contributed by atoms with Gasteiger partial charge in [-0.05, 0) is 91.6 Å². The lowest BCUT2D eigenvalue weighted by Gasteiger charge is -2.14. The minimum absolute atomic E-state index is 0.640. The molecular formula is C52H29N3O. The first-order valence-electron chi connectivity index (χ1n) is 19.1. The molecule has 0 atom stereocenters. The largest absolute Gasteiger partial charge is 0.456 e. The molecule has 0 amide bonds. The average molecular weight is 712 g/mol. The molecule has 4 nitrogen and oxygen atoms in total. The Bertz CT molecular complexity index is 3800. The average Bonchev–Trinajstić information content (AvgIpc) is 3.80. The highest BCUT2D eigenvalue weighted by Crippen LogP contribution is 2.45. The number of benzene rings is 10. The molecule has 0 fully saturated rings. The van der Waals surface area contributed by atoms with Crippen molar-refractivity contribution < 1.29 is 4.42 Å². The standard InChI is InChI=1S/C52H29N3O/c1-2-13-32-29-45-43(27-31(32)12-1)49-44(25-24-40-37-17-6-5-15-35(37)36-16-7-8-19-39(36)48(40)49)55(45)52-53-50(41-23-21-30-11-3-4-14-34(30)51(41)54-52)33-22-26-47-42(28-33)38-18-9-10-20-46(38)56-47/h1-29H. The maximum absolute atomic E-state index is 6.26. The Morgan fingerprint density at radius 2 is 0.964 bits per heavy atom. The minimum Gasteiger partial charge on any atom is -0.456 e. The van der Waals surface area contributed by atoms with Gasteiger partial charge in [-0.2, -0.15) is 0 Å². The van der Waals surface area contributed by atoms with Crippen LogP contribution in [-0.4, -0.2) is 14.5 Å². The maximum atomic E-state index is 6.26. The highest BCUT2D eigenvalue weighted by atomic mass is 16.3. The molecule has 13 aromatic rings. The summed E-state index contributed by atoms with van der Waals surface area (Å²) in [6.07, 6.45) is 0. The summed E-state index contributed by atoms with van der Waals surface area (Å²) in [4.78, 5) is 11.1. The zero-order valence-electron chi connectivity index (χ0n) is 30.0. The summed E-state index contributed by atoms with van der Waals surface area (Å²) in [5.74, 6) is 0.640. The third-order valence-corrected chi connectivity index (χ3v) is 11.9. The fourth-order valence-electron chi connectivity index (χ4n) is 9.45. The van der Waals surface area contributed by atoms with Gasteiger partial charge in [0.2, 0.25) is 5.95 Å². The highest BCUT2D eigenvalue weighted by molar-refractivity contribution is 6.35. The predicted molar refractivity (Wildman–Crippen MR) is 234 cm³/mol. The molecule has 0 saturated heterocycles. The predicted octanol–water partition coefficient (Wildman–Crippen LogP) is 14.1. The van der Waals surface area contributed by atoms with Crippen LogP contribution in [0.4, 0.5) is 0 Å². The molecule has 3 aromatic heterocycles. The Balaban J connectivity index is 1.22. The number of fused-ring (bicyclic) bond motifs is 17. The summed E-state index contributed by atoms with van der Waals surface area (Å²) in [5.41, 5.74) is 6.71. The molecule has 258 valence electrons. The first-order valence-corrected chi connectivity index (χ1v) is 19.1. The zero-order valence-corrected chi connectivity index (χ0v) is 30.0. The Hall–Kier alpha value is -7.56. The highest BCUT2D eigenvalue weighted by Gasteiger charge is 2.22. The van der Waals surface area contributed by atoms with Crippen LogP contribution in [-0.2, 0) is 0 Å². The summed E-state index contributed by atoms with van der Waals surface area (Å²) in [6.45, 7) is 0. The zero-order chi connectivity index (χ0) is 36.5. The summed E-state index contributed by atoms with van der Waals surface area (Å²) in [5, 5.41) is 17.7. The number of para-hydroxylation sites is 1. The number of aromatic nitrogens is 3. The van der Waals surface area contributed by atoms with Gasteiger partial charge < -0.3 is 4.42 Å². The molecule has 0 aliphatic carbocycles. The van der Waals surface area contributed by atoms with Gasteiger partial charge in [0.25, 0.3) is 0 Å². The molecule has 0 unspecified atom stereocenters. The van der Waals surface area contributed by atoms with Crippen LogP contribution in [0.25, 0.3) is 126 Å². The molecule has 0 saturated carbocycles. The monoisotopic (exact) mass is 711 g/mol. The number of furan rings is 1. The van der Waals surface area contributed by atoms with Crippen LogP contribution >= 0.6 is 0 Å². The van der Waals surface area contributed by atoms with Crippen LogP contribution in [0.5, 0.6) is 0 Å². The summed E-state index contributed by atoms with van der Waals surface area (Å²) in [7, 11) is 0. The van der Waals surface area contributed by atoms with E-state index >= 15 is 0 Å². The van der Waals surface area contributed by atoms with Crippen molar-refractivity contribution in [2.75, 3.05) is 0 Å². The van der Waals surface area contributed by atoms with Gasteiger partial charge in [-0.25, -0.2) is 9.97 Å².